The van der Waals surface area contributed by atoms with Gasteiger partial charge in [0, 0.05) is 21.7 Å². The van der Waals surface area contributed by atoms with Crippen molar-refractivity contribution in [2.45, 2.75) is 0 Å². The van der Waals surface area contributed by atoms with Gasteiger partial charge in [-0.05, 0) is 0 Å². The van der Waals surface area contributed by atoms with Crippen LogP contribution in [0.3, 0.4) is 0 Å². The smallest absolute Gasteiger partial charge is 0 e. The van der Waals surface area contributed by atoms with E-state index in [-0.39, 0.29) is 117 Å². The predicted molar refractivity (Wildman–Crippen MR) is 37.5 cm³/mol. The van der Waals surface area contributed by atoms with Gasteiger partial charge in [-0.3, -0.25) is 0 Å². The molecule has 0 unspecified atom stereocenters. The van der Waals surface area contributed by atoms with Gasteiger partial charge in [-0.2, -0.15) is 0 Å². The molecule has 0 saturated carbocycles. The Balaban J connectivity index is 0. The molecule has 0 aliphatic carbocycles. The molecule has 0 nitrogen and oxygen atoms in total. The monoisotopic (exact) mass is 282 g/mol. The summed E-state index contributed by atoms with van der Waals surface area (Å²) in [5.74, 6) is 0. The Morgan fingerprint density at radius 2 is 0.500 bits per heavy atom. The van der Waals surface area contributed by atoms with Gasteiger partial charge >= 0.3 is 45.5 Å². The fraction of sp³-hybridized carbons (Fsp3) is 0. The van der Waals surface area contributed by atoms with E-state index in [1.807, 2.05) is 0 Å². The van der Waals surface area contributed by atoms with E-state index in [1.165, 1.54) is 0 Å². The van der Waals surface area contributed by atoms with Crippen LogP contribution in [0.1, 0.15) is 0 Å². The molecule has 0 fully saturated rings. The van der Waals surface area contributed by atoms with E-state index in [0.29, 0.717) is 0 Å². The van der Waals surface area contributed by atoms with Crippen molar-refractivity contribution >= 4 is 95.1 Å². The molecule has 0 saturated heterocycles. The molecule has 0 atom stereocenters. The third kappa shape index (κ3) is 26.4. The van der Waals surface area contributed by atoms with Gasteiger partial charge in [-0.15, -0.1) is 49.6 Å². The molecule has 6 heteroatoms. The SMILES string of the molecule is Cl.Cl.Cl.Cl.[SrH2].[Ti]. The molecule has 0 aromatic rings. The molecule has 0 aromatic carbocycles. The standard InChI is InChI=1S/4ClH.Sr.Ti.2H/h4*1H;;;;. The van der Waals surface area contributed by atoms with E-state index in [1.54, 1.807) is 0 Å². The first-order valence-corrected chi connectivity index (χ1v) is 0. The number of halogens is 4. The maximum absolute atomic E-state index is 0. The molecule has 6 heavy (non-hydrogen) atoms. The molecular formula is H6Cl4SrTi. The van der Waals surface area contributed by atoms with Crippen molar-refractivity contribution in [1.82, 2.24) is 0 Å². The van der Waals surface area contributed by atoms with Crippen LogP contribution in [-0.2, 0) is 21.7 Å². The zero-order chi connectivity index (χ0) is 0. The Morgan fingerprint density at radius 1 is 0.500 bits per heavy atom. The Morgan fingerprint density at radius 3 is 0.500 bits per heavy atom. The minimum Gasteiger partial charge on any atom is 0 e. The van der Waals surface area contributed by atoms with E-state index < -0.39 is 0 Å². The van der Waals surface area contributed by atoms with Crippen LogP contribution < -0.4 is 0 Å². The first-order valence-electron chi connectivity index (χ1n) is 0. The van der Waals surface area contributed by atoms with Crippen LogP contribution in [0.4, 0.5) is 0 Å². The second-order valence-corrected chi connectivity index (χ2v) is 0. The summed E-state index contributed by atoms with van der Waals surface area (Å²) in [6.45, 7) is 0. The molecule has 0 radical (unpaired) electrons. The molecule has 0 aromatic heterocycles. The van der Waals surface area contributed by atoms with Crippen LogP contribution in [0.15, 0.2) is 0 Å². The van der Waals surface area contributed by atoms with Crippen molar-refractivity contribution in [3.05, 3.63) is 0 Å². The summed E-state index contributed by atoms with van der Waals surface area (Å²) in [5, 5.41) is 0. The minimum absolute atomic E-state index is 0. The first kappa shape index (κ1) is 58.0. The van der Waals surface area contributed by atoms with Crippen molar-refractivity contribution in [2.75, 3.05) is 0 Å². The van der Waals surface area contributed by atoms with E-state index >= 15 is 0 Å². The molecule has 0 aliphatic heterocycles. The van der Waals surface area contributed by atoms with Crippen LogP contribution >= 0.6 is 49.6 Å². The normalized spacial score (nSPS) is 0. The van der Waals surface area contributed by atoms with Crippen molar-refractivity contribution in [3.8, 4) is 0 Å². The number of hydrogen-bond donors (Lipinski definition) is 0. The van der Waals surface area contributed by atoms with Crippen molar-refractivity contribution in [1.29, 1.82) is 0 Å². The molecular weight excluding hydrogens is 277 g/mol. The predicted octanol–water partition coefficient (Wildman–Crippen LogP) is 0.768. The van der Waals surface area contributed by atoms with E-state index in [4.69, 9.17) is 0 Å². The molecule has 0 aliphatic rings. The molecule has 0 spiro atoms. The maximum Gasteiger partial charge on any atom is 0 e. The van der Waals surface area contributed by atoms with Gasteiger partial charge in [-0.1, -0.05) is 0 Å². The Labute approximate surface area is 114 Å². The van der Waals surface area contributed by atoms with Gasteiger partial charge in [-0.25, -0.2) is 0 Å². The molecule has 40 valence electrons. The van der Waals surface area contributed by atoms with Gasteiger partial charge in [0.1, 0.15) is 0 Å². The fourth-order valence-electron chi connectivity index (χ4n) is 0. The summed E-state index contributed by atoms with van der Waals surface area (Å²) >= 11 is 0. The van der Waals surface area contributed by atoms with Crippen LogP contribution in [0, 0.1) is 0 Å². The summed E-state index contributed by atoms with van der Waals surface area (Å²) in [7, 11) is 0. The second kappa shape index (κ2) is 40.2. The topological polar surface area (TPSA) is 0 Å². The number of hydrogen-bond acceptors (Lipinski definition) is 0. The summed E-state index contributed by atoms with van der Waals surface area (Å²) in [6, 6.07) is 0. The van der Waals surface area contributed by atoms with Gasteiger partial charge < -0.3 is 0 Å². The zero-order valence-electron chi connectivity index (χ0n) is 2.13. The van der Waals surface area contributed by atoms with Crippen molar-refractivity contribution in [2.24, 2.45) is 0 Å². The Hall–Kier alpha value is 3.35. The molecule has 0 N–H and O–H groups in total. The third-order valence-electron chi connectivity index (χ3n) is 0. The van der Waals surface area contributed by atoms with E-state index in [9.17, 15) is 0 Å². The molecule has 0 bridgehead atoms. The first-order chi connectivity index (χ1) is 0. The zero-order valence-corrected chi connectivity index (χ0v) is 6.96. The molecule has 0 rings (SSSR count). The van der Waals surface area contributed by atoms with E-state index in [0.717, 1.165) is 0 Å². The summed E-state index contributed by atoms with van der Waals surface area (Å²) in [5.41, 5.74) is 0. The van der Waals surface area contributed by atoms with Crippen molar-refractivity contribution < 1.29 is 21.7 Å². The summed E-state index contributed by atoms with van der Waals surface area (Å²) in [4.78, 5) is 0. The van der Waals surface area contributed by atoms with Crippen LogP contribution in [0.5, 0.6) is 0 Å². The van der Waals surface area contributed by atoms with Crippen molar-refractivity contribution in [3.63, 3.8) is 0 Å². The third-order valence-corrected chi connectivity index (χ3v) is 0. The average Bonchev–Trinajstić information content (AvgIpc) is 0. The van der Waals surface area contributed by atoms with Gasteiger partial charge in [0.05, 0.1) is 0 Å². The van der Waals surface area contributed by atoms with Gasteiger partial charge in [0.25, 0.3) is 0 Å². The molecule has 0 amide bonds. The average molecular weight is 283 g/mol. The van der Waals surface area contributed by atoms with Gasteiger partial charge in [0.15, 0.2) is 0 Å². The van der Waals surface area contributed by atoms with Crippen LogP contribution in [-0.4, -0.2) is 45.5 Å². The Kier molecular flexibility index (Phi) is 388. The number of rotatable bonds is 0. The fourth-order valence-corrected chi connectivity index (χ4v) is 0. The van der Waals surface area contributed by atoms with Gasteiger partial charge in [0.2, 0.25) is 0 Å². The Bertz CT molecular complexity index is 7.51. The summed E-state index contributed by atoms with van der Waals surface area (Å²) in [6.07, 6.45) is 0. The quantitative estimate of drug-likeness (QED) is 0.576. The van der Waals surface area contributed by atoms with Crippen LogP contribution in [0.2, 0.25) is 0 Å². The minimum atomic E-state index is 0. The van der Waals surface area contributed by atoms with Crippen LogP contribution in [0.25, 0.3) is 0 Å². The largest absolute Gasteiger partial charge is 0 e. The van der Waals surface area contributed by atoms with E-state index in [2.05, 4.69) is 0 Å². The maximum atomic E-state index is 0. The molecule has 0 heterocycles. The second-order valence-electron chi connectivity index (χ2n) is 0. The summed E-state index contributed by atoms with van der Waals surface area (Å²) < 4.78 is 0.